The van der Waals surface area contributed by atoms with Crippen LogP contribution < -0.4 is 4.72 Å². The Balaban J connectivity index is 2.98. The quantitative estimate of drug-likeness (QED) is 0.650. The van der Waals surface area contributed by atoms with E-state index in [2.05, 4.69) is 17.5 Å². The van der Waals surface area contributed by atoms with Crippen LogP contribution in [0, 0.1) is 0 Å². The Labute approximate surface area is 84.5 Å². The lowest BCUT2D eigenvalue weighted by atomic mass is 9.95. The minimum atomic E-state index is -0.345. The summed E-state index contributed by atoms with van der Waals surface area (Å²) in [6.07, 6.45) is -0.345. The first kappa shape index (κ1) is 10.4. The lowest BCUT2D eigenvalue weighted by Crippen LogP contribution is -2.11. The molecule has 0 radical (unpaired) electrons. The molecule has 2 N–H and O–H groups in total. The Morgan fingerprint density at radius 1 is 1.31 bits per heavy atom. The van der Waals surface area contributed by atoms with Gasteiger partial charge in [0.1, 0.15) is 0 Å². The number of hydrogen-bond donors (Lipinski definition) is 3. The van der Waals surface area contributed by atoms with Gasteiger partial charge in [-0.15, -0.1) is 0 Å². The summed E-state index contributed by atoms with van der Waals surface area (Å²) in [5.41, 5.74) is 2.05. The maximum atomic E-state index is 9.44. The van der Waals surface area contributed by atoms with Crippen molar-refractivity contribution in [1.82, 2.24) is 0 Å². The number of benzene rings is 1. The van der Waals surface area contributed by atoms with Crippen molar-refractivity contribution in [3.8, 4) is 0 Å². The summed E-state index contributed by atoms with van der Waals surface area (Å²) in [5, 5.41) is 9.44. The van der Waals surface area contributed by atoms with Gasteiger partial charge in [-0.2, -0.15) is 0 Å². The largest absolute Gasteiger partial charge is 0.393 e. The molecule has 3 heteroatoms. The Kier molecular flexibility index (Phi) is 3.63. The van der Waals surface area contributed by atoms with Crippen molar-refractivity contribution in [3.05, 3.63) is 29.8 Å². The molecule has 72 valence electrons. The van der Waals surface area contributed by atoms with Crippen molar-refractivity contribution in [2.45, 2.75) is 25.9 Å². The van der Waals surface area contributed by atoms with Gasteiger partial charge in [-0.1, -0.05) is 37.9 Å². The molecule has 0 bridgehead atoms. The molecule has 2 nitrogen and oxygen atoms in total. The molecule has 0 amide bonds. The summed E-state index contributed by atoms with van der Waals surface area (Å²) in [4.78, 5) is 0. The molecular formula is C10H15NOS. The third kappa shape index (κ3) is 2.39. The number of thiol groups is 1. The highest BCUT2D eigenvalue weighted by atomic mass is 32.1. The summed E-state index contributed by atoms with van der Waals surface area (Å²) in [6, 6.07) is 7.84. The Morgan fingerprint density at radius 3 is 2.46 bits per heavy atom. The van der Waals surface area contributed by atoms with Gasteiger partial charge < -0.3 is 9.83 Å². The summed E-state index contributed by atoms with van der Waals surface area (Å²) >= 11 is 4.01. The highest BCUT2D eigenvalue weighted by Gasteiger charge is 2.13. The summed E-state index contributed by atoms with van der Waals surface area (Å²) in [7, 11) is 0. The van der Waals surface area contributed by atoms with E-state index in [4.69, 9.17) is 0 Å². The van der Waals surface area contributed by atoms with Crippen LogP contribution in [-0.4, -0.2) is 11.2 Å². The van der Waals surface area contributed by atoms with E-state index in [1.54, 1.807) is 6.92 Å². The Hall–Kier alpha value is -0.670. The molecule has 0 aliphatic heterocycles. The standard InChI is InChI=1S/C10H15NOS/c1-7(8(2)12)9-5-3-4-6-10(9)11-13/h3-8,11-13H,1-2H3. The van der Waals surface area contributed by atoms with Gasteiger partial charge in [0.2, 0.25) is 0 Å². The molecule has 2 atom stereocenters. The van der Waals surface area contributed by atoms with Gasteiger partial charge in [0, 0.05) is 11.6 Å². The van der Waals surface area contributed by atoms with E-state index in [1.165, 1.54) is 0 Å². The van der Waals surface area contributed by atoms with E-state index < -0.39 is 0 Å². The van der Waals surface area contributed by atoms with Gasteiger partial charge >= 0.3 is 0 Å². The van der Waals surface area contributed by atoms with E-state index in [9.17, 15) is 5.11 Å². The number of nitrogens with one attached hydrogen (secondary N) is 1. The van der Waals surface area contributed by atoms with Crippen molar-refractivity contribution in [1.29, 1.82) is 0 Å². The molecule has 1 aromatic rings. The lowest BCUT2D eigenvalue weighted by molar-refractivity contribution is 0.169. The first-order valence-electron chi connectivity index (χ1n) is 4.34. The summed E-state index contributed by atoms with van der Waals surface area (Å²) < 4.78 is 2.81. The number of hydrogen-bond acceptors (Lipinski definition) is 3. The summed E-state index contributed by atoms with van der Waals surface area (Å²) in [5.74, 6) is 0.121. The molecule has 0 fully saturated rings. The van der Waals surface area contributed by atoms with Gasteiger partial charge in [0.15, 0.2) is 0 Å². The molecule has 0 heterocycles. The molecule has 0 aromatic heterocycles. The van der Waals surface area contributed by atoms with Crippen molar-refractivity contribution in [2.75, 3.05) is 4.72 Å². The normalized spacial score (nSPS) is 15.1. The molecule has 0 aliphatic carbocycles. The predicted octanol–water partition coefficient (Wildman–Crippen LogP) is 2.43. The minimum absolute atomic E-state index is 0.121. The van der Waals surface area contributed by atoms with Gasteiger partial charge in [-0.3, -0.25) is 0 Å². The minimum Gasteiger partial charge on any atom is -0.393 e. The van der Waals surface area contributed by atoms with Gasteiger partial charge in [0.25, 0.3) is 0 Å². The van der Waals surface area contributed by atoms with Crippen molar-refractivity contribution >= 4 is 18.5 Å². The first-order chi connectivity index (χ1) is 6.16. The third-order valence-corrected chi connectivity index (χ3v) is 2.54. The van der Waals surface area contributed by atoms with Crippen LogP contribution in [0.2, 0.25) is 0 Å². The topological polar surface area (TPSA) is 32.3 Å². The van der Waals surface area contributed by atoms with Gasteiger partial charge in [-0.25, -0.2) is 0 Å². The van der Waals surface area contributed by atoms with E-state index in [1.807, 2.05) is 31.2 Å². The number of anilines is 1. The molecule has 0 saturated carbocycles. The van der Waals surface area contributed by atoms with E-state index in [-0.39, 0.29) is 12.0 Å². The molecule has 1 rings (SSSR count). The lowest BCUT2D eigenvalue weighted by Gasteiger charge is -2.18. The van der Waals surface area contributed by atoms with E-state index in [0.29, 0.717) is 0 Å². The SMILES string of the molecule is CC(O)C(C)c1ccccc1NS. The van der Waals surface area contributed by atoms with Crippen LogP contribution in [0.25, 0.3) is 0 Å². The fraction of sp³-hybridized carbons (Fsp3) is 0.400. The fourth-order valence-electron chi connectivity index (χ4n) is 1.26. The zero-order valence-corrected chi connectivity index (χ0v) is 8.75. The predicted molar refractivity (Wildman–Crippen MR) is 59.1 cm³/mol. The second-order valence-corrected chi connectivity index (χ2v) is 3.45. The smallest absolute Gasteiger partial charge is 0.0578 e. The molecule has 13 heavy (non-hydrogen) atoms. The molecule has 0 saturated heterocycles. The molecule has 1 aromatic carbocycles. The van der Waals surface area contributed by atoms with Crippen LogP contribution >= 0.6 is 12.8 Å². The molecule has 0 aliphatic rings. The van der Waals surface area contributed by atoms with Crippen LogP contribution in [0.3, 0.4) is 0 Å². The van der Waals surface area contributed by atoms with Crippen molar-refractivity contribution in [3.63, 3.8) is 0 Å². The fourth-order valence-corrected chi connectivity index (χ4v) is 1.46. The van der Waals surface area contributed by atoms with Crippen LogP contribution in [0.4, 0.5) is 5.69 Å². The van der Waals surface area contributed by atoms with Gasteiger partial charge in [-0.05, 0) is 18.6 Å². The van der Waals surface area contributed by atoms with Crippen LogP contribution in [0.1, 0.15) is 25.3 Å². The second-order valence-electron chi connectivity index (χ2n) is 3.23. The molecular weight excluding hydrogens is 182 g/mol. The Bertz CT molecular complexity index is 275. The number of rotatable bonds is 3. The van der Waals surface area contributed by atoms with E-state index >= 15 is 0 Å². The summed E-state index contributed by atoms with van der Waals surface area (Å²) in [6.45, 7) is 3.79. The van der Waals surface area contributed by atoms with Crippen LogP contribution in [0.15, 0.2) is 24.3 Å². The maximum Gasteiger partial charge on any atom is 0.0578 e. The average Bonchev–Trinajstić information content (AvgIpc) is 2.16. The number of para-hydroxylation sites is 1. The van der Waals surface area contributed by atoms with Crippen LogP contribution in [0.5, 0.6) is 0 Å². The third-order valence-electron chi connectivity index (χ3n) is 2.30. The van der Waals surface area contributed by atoms with Crippen molar-refractivity contribution < 1.29 is 5.11 Å². The number of aliphatic hydroxyl groups is 1. The second kappa shape index (κ2) is 4.53. The Morgan fingerprint density at radius 2 is 1.92 bits per heavy atom. The van der Waals surface area contributed by atoms with Crippen molar-refractivity contribution in [2.24, 2.45) is 0 Å². The molecule has 2 unspecified atom stereocenters. The van der Waals surface area contributed by atoms with Gasteiger partial charge in [0.05, 0.1) is 6.10 Å². The highest BCUT2D eigenvalue weighted by Crippen LogP contribution is 2.26. The van der Waals surface area contributed by atoms with Crippen LogP contribution in [-0.2, 0) is 0 Å². The first-order valence-corrected chi connectivity index (χ1v) is 4.78. The van der Waals surface area contributed by atoms with E-state index in [0.717, 1.165) is 11.3 Å². The average molecular weight is 197 g/mol. The highest BCUT2D eigenvalue weighted by molar-refractivity contribution is 7.81. The maximum absolute atomic E-state index is 9.44. The monoisotopic (exact) mass is 197 g/mol. The zero-order valence-electron chi connectivity index (χ0n) is 7.86. The number of aliphatic hydroxyl groups excluding tert-OH is 1. The molecule has 0 spiro atoms. The zero-order chi connectivity index (χ0) is 9.84.